The predicted molar refractivity (Wildman–Crippen MR) is 83.2 cm³/mol. The number of benzene rings is 2. The van der Waals surface area contributed by atoms with E-state index in [-0.39, 0.29) is 11.8 Å². The number of para-hydroxylation sites is 2. The second-order valence-corrected chi connectivity index (χ2v) is 5.65. The number of hydrogen-bond donors (Lipinski definition) is 1. The SMILES string of the molecule is CCOc1ccccc1NC(=O)CSc1c(F)c(F)c(F)c(F)c1F. The van der Waals surface area contributed by atoms with Crippen LogP contribution in [0.1, 0.15) is 6.92 Å². The summed E-state index contributed by atoms with van der Waals surface area (Å²) in [7, 11) is 0. The van der Waals surface area contributed by atoms with Gasteiger partial charge in [-0.2, -0.15) is 0 Å². The highest BCUT2D eigenvalue weighted by Gasteiger charge is 2.26. The minimum absolute atomic E-state index is 0.208. The summed E-state index contributed by atoms with van der Waals surface area (Å²) in [4.78, 5) is 10.8. The predicted octanol–water partition coefficient (Wildman–Crippen LogP) is 4.51. The van der Waals surface area contributed by atoms with Gasteiger partial charge in [0, 0.05) is 0 Å². The Kier molecular flexibility index (Phi) is 6.24. The second-order valence-electron chi connectivity index (χ2n) is 4.67. The van der Waals surface area contributed by atoms with Crippen LogP contribution in [0, 0.1) is 29.1 Å². The standard InChI is InChI=1S/C16H12F5NO2S/c1-2-24-9-6-4-3-5-8(9)22-10(23)7-25-16-14(20)12(18)11(17)13(19)15(16)21/h3-6H,2,7H2,1H3,(H,22,23). The maximum Gasteiger partial charge on any atom is 0.234 e. The molecule has 0 spiro atoms. The highest BCUT2D eigenvalue weighted by Crippen LogP contribution is 2.31. The molecule has 0 atom stereocenters. The van der Waals surface area contributed by atoms with E-state index in [0.717, 1.165) is 0 Å². The van der Waals surface area contributed by atoms with Gasteiger partial charge >= 0.3 is 0 Å². The molecule has 0 saturated heterocycles. The molecular formula is C16H12F5NO2S. The topological polar surface area (TPSA) is 38.3 Å². The van der Waals surface area contributed by atoms with Gasteiger partial charge in [-0.05, 0) is 19.1 Å². The zero-order valence-corrected chi connectivity index (χ0v) is 13.7. The number of amides is 1. The van der Waals surface area contributed by atoms with Crippen LogP contribution in [0.3, 0.4) is 0 Å². The van der Waals surface area contributed by atoms with Gasteiger partial charge in [0.05, 0.1) is 22.9 Å². The lowest BCUT2D eigenvalue weighted by atomic mass is 10.3. The van der Waals surface area contributed by atoms with E-state index < -0.39 is 45.6 Å². The molecule has 0 radical (unpaired) electrons. The van der Waals surface area contributed by atoms with Crippen LogP contribution in [0.25, 0.3) is 0 Å². The van der Waals surface area contributed by atoms with Gasteiger partial charge in [-0.25, -0.2) is 22.0 Å². The Bertz CT molecular complexity index is 771. The second kappa shape index (κ2) is 8.19. The van der Waals surface area contributed by atoms with Gasteiger partial charge in [-0.1, -0.05) is 12.1 Å². The molecule has 0 unspecified atom stereocenters. The lowest BCUT2D eigenvalue weighted by molar-refractivity contribution is -0.113. The van der Waals surface area contributed by atoms with E-state index in [1.807, 2.05) is 0 Å². The molecule has 1 N–H and O–H groups in total. The third-order valence-corrected chi connectivity index (χ3v) is 4.03. The van der Waals surface area contributed by atoms with Gasteiger partial charge in [-0.3, -0.25) is 4.79 Å². The summed E-state index contributed by atoms with van der Waals surface area (Å²) in [5.74, 6) is -11.1. The Labute approximate surface area is 144 Å². The molecule has 134 valence electrons. The first-order chi connectivity index (χ1) is 11.9. The van der Waals surface area contributed by atoms with Crippen molar-refractivity contribution in [2.24, 2.45) is 0 Å². The van der Waals surface area contributed by atoms with E-state index in [2.05, 4.69) is 5.32 Å². The van der Waals surface area contributed by atoms with Gasteiger partial charge in [0.15, 0.2) is 23.3 Å². The lowest BCUT2D eigenvalue weighted by Crippen LogP contribution is -2.15. The normalized spacial score (nSPS) is 10.6. The fraction of sp³-hybridized carbons (Fsp3) is 0.188. The molecule has 0 aliphatic carbocycles. The van der Waals surface area contributed by atoms with Crippen molar-refractivity contribution < 1.29 is 31.5 Å². The quantitative estimate of drug-likeness (QED) is 0.348. The van der Waals surface area contributed by atoms with Crippen molar-refractivity contribution in [2.75, 3.05) is 17.7 Å². The summed E-state index contributed by atoms with van der Waals surface area (Å²) in [5.41, 5.74) is 0.326. The molecular weight excluding hydrogens is 365 g/mol. The fourth-order valence-electron chi connectivity index (χ4n) is 1.89. The van der Waals surface area contributed by atoms with E-state index in [1.165, 1.54) is 0 Å². The number of carbonyl (C=O) groups excluding carboxylic acids is 1. The molecule has 9 heteroatoms. The number of thioether (sulfide) groups is 1. The van der Waals surface area contributed by atoms with Gasteiger partial charge < -0.3 is 10.1 Å². The van der Waals surface area contributed by atoms with Crippen molar-refractivity contribution in [3.63, 3.8) is 0 Å². The van der Waals surface area contributed by atoms with Crippen LogP contribution < -0.4 is 10.1 Å². The Morgan fingerprint density at radius 2 is 1.56 bits per heavy atom. The Balaban J connectivity index is 2.11. The molecule has 0 heterocycles. The van der Waals surface area contributed by atoms with Crippen LogP contribution in [0.4, 0.5) is 27.6 Å². The summed E-state index contributed by atoms with van der Waals surface area (Å²) in [6.45, 7) is 2.10. The molecule has 2 aromatic rings. The van der Waals surface area contributed by atoms with Crippen LogP contribution in [0.5, 0.6) is 5.75 Å². The van der Waals surface area contributed by atoms with Crippen molar-refractivity contribution >= 4 is 23.4 Å². The van der Waals surface area contributed by atoms with Crippen LogP contribution in [0.15, 0.2) is 29.2 Å². The van der Waals surface area contributed by atoms with Gasteiger partial charge in [0.25, 0.3) is 0 Å². The Morgan fingerprint density at radius 1 is 1.00 bits per heavy atom. The summed E-state index contributed by atoms with van der Waals surface area (Å²) >= 11 is 0.208. The molecule has 0 fully saturated rings. The minimum atomic E-state index is -2.24. The summed E-state index contributed by atoms with van der Waals surface area (Å²) in [6.07, 6.45) is 0. The minimum Gasteiger partial charge on any atom is -0.492 e. The summed E-state index contributed by atoms with van der Waals surface area (Å²) in [6, 6.07) is 6.47. The molecule has 0 saturated carbocycles. The number of nitrogens with one attached hydrogen (secondary N) is 1. The Morgan fingerprint density at radius 3 is 2.16 bits per heavy atom. The first kappa shape index (κ1) is 19.0. The number of carbonyl (C=O) groups is 1. The molecule has 2 rings (SSSR count). The third kappa shape index (κ3) is 4.22. The first-order valence-corrected chi connectivity index (χ1v) is 8.01. The van der Waals surface area contributed by atoms with E-state index in [0.29, 0.717) is 18.0 Å². The molecule has 25 heavy (non-hydrogen) atoms. The summed E-state index contributed by atoms with van der Waals surface area (Å²) < 4.78 is 71.6. The fourth-order valence-corrected chi connectivity index (χ4v) is 2.67. The molecule has 0 aliphatic rings. The molecule has 1 amide bonds. The van der Waals surface area contributed by atoms with E-state index >= 15 is 0 Å². The number of anilines is 1. The number of ether oxygens (including phenoxy) is 1. The Hall–Kier alpha value is -2.29. The van der Waals surface area contributed by atoms with Crippen molar-refractivity contribution in [3.05, 3.63) is 53.4 Å². The van der Waals surface area contributed by atoms with Crippen molar-refractivity contribution in [2.45, 2.75) is 11.8 Å². The highest BCUT2D eigenvalue weighted by atomic mass is 32.2. The van der Waals surface area contributed by atoms with Crippen molar-refractivity contribution in [1.29, 1.82) is 0 Å². The maximum atomic E-state index is 13.6. The average molecular weight is 377 g/mol. The summed E-state index contributed by atoms with van der Waals surface area (Å²) in [5, 5.41) is 2.45. The molecule has 3 nitrogen and oxygen atoms in total. The third-order valence-electron chi connectivity index (χ3n) is 2.98. The van der Waals surface area contributed by atoms with Gasteiger partial charge in [-0.15, -0.1) is 11.8 Å². The first-order valence-electron chi connectivity index (χ1n) is 7.02. The zero-order chi connectivity index (χ0) is 18.6. The average Bonchev–Trinajstić information content (AvgIpc) is 2.60. The van der Waals surface area contributed by atoms with Gasteiger partial charge in [0.2, 0.25) is 11.7 Å². The lowest BCUT2D eigenvalue weighted by Gasteiger charge is -2.11. The monoisotopic (exact) mass is 377 g/mol. The number of hydrogen-bond acceptors (Lipinski definition) is 3. The zero-order valence-electron chi connectivity index (χ0n) is 12.8. The van der Waals surface area contributed by atoms with Crippen LogP contribution in [-0.2, 0) is 4.79 Å². The van der Waals surface area contributed by atoms with Crippen LogP contribution in [0.2, 0.25) is 0 Å². The van der Waals surface area contributed by atoms with E-state index in [9.17, 15) is 26.7 Å². The molecule has 0 bridgehead atoms. The molecule has 0 aliphatic heterocycles. The van der Waals surface area contributed by atoms with Gasteiger partial charge in [0.1, 0.15) is 5.75 Å². The largest absolute Gasteiger partial charge is 0.492 e. The maximum absolute atomic E-state index is 13.6. The number of rotatable bonds is 6. The molecule has 2 aromatic carbocycles. The van der Waals surface area contributed by atoms with Crippen LogP contribution in [-0.4, -0.2) is 18.3 Å². The molecule has 0 aromatic heterocycles. The highest BCUT2D eigenvalue weighted by molar-refractivity contribution is 8.00. The number of halogens is 5. The van der Waals surface area contributed by atoms with Crippen LogP contribution >= 0.6 is 11.8 Å². The van der Waals surface area contributed by atoms with E-state index in [1.54, 1.807) is 31.2 Å². The van der Waals surface area contributed by atoms with E-state index in [4.69, 9.17) is 4.74 Å². The van der Waals surface area contributed by atoms with Crippen molar-refractivity contribution in [3.8, 4) is 5.75 Å². The van der Waals surface area contributed by atoms with Crippen molar-refractivity contribution in [1.82, 2.24) is 0 Å². The smallest absolute Gasteiger partial charge is 0.234 e.